The highest BCUT2D eigenvalue weighted by molar-refractivity contribution is 6.05. The maximum Gasteiger partial charge on any atom is 0.255 e. The van der Waals surface area contributed by atoms with E-state index in [1.54, 1.807) is 10.9 Å². The zero-order valence-corrected chi connectivity index (χ0v) is 15.6. The molecule has 1 saturated carbocycles. The number of nitrogens with zero attached hydrogens (tertiary/aromatic N) is 4. The van der Waals surface area contributed by atoms with Gasteiger partial charge >= 0.3 is 0 Å². The molecule has 1 aromatic carbocycles. The molecule has 0 radical (unpaired) electrons. The molecule has 2 aliphatic rings. The first-order valence-electron chi connectivity index (χ1n) is 9.91. The fourth-order valence-corrected chi connectivity index (χ4v) is 4.25. The summed E-state index contributed by atoms with van der Waals surface area (Å²) in [6.07, 6.45) is 7.36. The van der Waals surface area contributed by atoms with Crippen molar-refractivity contribution in [2.75, 3.05) is 6.54 Å². The lowest BCUT2D eigenvalue weighted by molar-refractivity contribution is 0.0613. The van der Waals surface area contributed by atoms with Crippen LogP contribution < -0.4 is 0 Å². The van der Waals surface area contributed by atoms with E-state index in [0.29, 0.717) is 5.92 Å². The molecule has 1 unspecified atom stereocenters. The van der Waals surface area contributed by atoms with Crippen LogP contribution in [0.1, 0.15) is 65.7 Å². The Hall–Kier alpha value is -2.69. The molecule has 5 rings (SSSR count). The average molecular weight is 360 g/mol. The van der Waals surface area contributed by atoms with Crippen LogP contribution in [0.25, 0.3) is 11.0 Å². The third kappa shape index (κ3) is 2.91. The number of rotatable bonds is 3. The van der Waals surface area contributed by atoms with Crippen LogP contribution in [0, 0.1) is 0 Å². The predicted octanol–water partition coefficient (Wildman–Crippen LogP) is 4.21. The van der Waals surface area contributed by atoms with Crippen LogP contribution in [0.4, 0.5) is 0 Å². The van der Waals surface area contributed by atoms with Gasteiger partial charge in [-0.3, -0.25) is 9.48 Å². The van der Waals surface area contributed by atoms with E-state index in [4.69, 9.17) is 4.98 Å². The molecule has 0 spiro atoms. The van der Waals surface area contributed by atoms with E-state index in [1.165, 1.54) is 18.4 Å². The van der Waals surface area contributed by atoms with Crippen LogP contribution >= 0.6 is 0 Å². The molecule has 27 heavy (non-hydrogen) atoms. The van der Waals surface area contributed by atoms with Gasteiger partial charge in [0.25, 0.3) is 5.91 Å². The monoisotopic (exact) mass is 360 g/mol. The van der Waals surface area contributed by atoms with Crippen molar-refractivity contribution in [2.24, 2.45) is 7.05 Å². The van der Waals surface area contributed by atoms with Crippen LogP contribution in [-0.4, -0.2) is 32.1 Å². The van der Waals surface area contributed by atoms with Gasteiger partial charge in [0.1, 0.15) is 0 Å². The molecule has 3 aromatic rings. The molecule has 1 atom stereocenters. The van der Waals surface area contributed by atoms with Crippen molar-refractivity contribution in [3.05, 3.63) is 59.4 Å². The number of likely N-dealkylation sites (tertiary alicyclic amines) is 1. The summed E-state index contributed by atoms with van der Waals surface area (Å²) in [7, 11) is 1.90. The van der Waals surface area contributed by atoms with Crippen LogP contribution in [0.2, 0.25) is 0 Å². The smallest absolute Gasteiger partial charge is 0.255 e. The van der Waals surface area contributed by atoms with Gasteiger partial charge in [0.05, 0.1) is 23.2 Å². The van der Waals surface area contributed by atoms with E-state index in [9.17, 15) is 4.79 Å². The molecule has 5 heteroatoms. The molecular weight excluding hydrogens is 336 g/mol. The van der Waals surface area contributed by atoms with Crippen molar-refractivity contribution < 1.29 is 4.79 Å². The number of hydrogen-bond donors (Lipinski definition) is 0. The van der Waals surface area contributed by atoms with Crippen molar-refractivity contribution in [1.82, 2.24) is 19.7 Å². The molecule has 1 saturated heterocycles. The number of amides is 1. The van der Waals surface area contributed by atoms with E-state index in [-0.39, 0.29) is 11.9 Å². The average Bonchev–Trinajstić information content (AvgIpc) is 3.51. The van der Waals surface area contributed by atoms with Gasteiger partial charge in [-0.25, -0.2) is 4.98 Å². The maximum absolute atomic E-state index is 13.7. The largest absolute Gasteiger partial charge is 0.332 e. The lowest BCUT2D eigenvalue weighted by atomic mass is 9.94. The van der Waals surface area contributed by atoms with Gasteiger partial charge in [-0.2, -0.15) is 5.10 Å². The van der Waals surface area contributed by atoms with Crippen molar-refractivity contribution in [3.8, 4) is 0 Å². The quantitative estimate of drug-likeness (QED) is 0.703. The third-order valence-electron chi connectivity index (χ3n) is 5.90. The van der Waals surface area contributed by atoms with Crippen molar-refractivity contribution in [3.63, 3.8) is 0 Å². The van der Waals surface area contributed by atoms with Crippen LogP contribution in [0.5, 0.6) is 0 Å². The molecule has 1 aliphatic heterocycles. The first kappa shape index (κ1) is 16.5. The lowest BCUT2D eigenvalue weighted by Crippen LogP contribution is -2.38. The fraction of sp³-hybridized carbons (Fsp3) is 0.409. The summed E-state index contributed by atoms with van der Waals surface area (Å²) in [6, 6.07) is 12.6. The van der Waals surface area contributed by atoms with E-state index >= 15 is 0 Å². The Bertz CT molecular complexity index is 990. The van der Waals surface area contributed by atoms with Crippen LogP contribution in [0.3, 0.4) is 0 Å². The Morgan fingerprint density at radius 2 is 1.93 bits per heavy atom. The number of fused-ring (bicyclic) bond motifs is 1. The van der Waals surface area contributed by atoms with Crippen molar-refractivity contribution >= 4 is 16.9 Å². The topological polar surface area (TPSA) is 51.0 Å². The molecule has 2 aromatic heterocycles. The SMILES string of the molecule is Cn1ncc2c(C(=O)N3CCCCC3c3ccccc3)cc(C3CC3)nc21. The molecule has 0 N–H and O–H groups in total. The van der Waals surface area contributed by atoms with Gasteiger partial charge in [-0.1, -0.05) is 30.3 Å². The van der Waals surface area contributed by atoms with E-state index in [1.807, 2.05) is 19.2 Å². The highest BCUT2D eigenvalue weighted by atomic mass is 16.2. The zero-order valence-electron chi connectivity index (χ0n) is 15.6. The molecule has 2 fully saturated rings. The predicted molar refractivity (Wildman–Crippen MR) is 105 cm³/mol. The molecule has 1 amide bonds. The normalized spacial score (nSPS) is 20.2. The van der Waals surface area contributed by atoms with Gasteiger partial charge in [0.2, 0.25) is 0 Å². The highest BCUT2D eigenvalue weighted by Gasteiger charge is 2.32. The molecule has 1 aliphatic carbocycles. The van der Waals surface area contributed by atoms with Crippen molar-refractivity contribution in [1.29, 1.82) is 0 Å². The third-order valence-corrected chi connectivity index (χ3v) is 5.90. The zero-order chi connectivity index (χ0) is 18.4. The first-order chi connectivity index (χ1) is 13.2. The summed E-state index contributed by atoms with van der Waals surface area (Å²) < 4.78 is 1.78. The first-order valence-corrected chi connectivity index (χ1v) is 9.91. The van der Waals surface area contributed by atoms with Gasteiger partial charge < -0.3 is 4.90 Å². The Kier molecular flexibility index (Phi) is 3.96. The summed E-state index contributed by atoms with van der Waals surface area (Å²) >= 11 is 0. The minimum atomic E-state index is 0.117. The summed E-state index contributed by atoms with van der Waals surface area (Å²) in [5.74, 6) is 0.618. The Balaban J connectivity index is 1.58. The fourth-order valence-electron chi connectivity index (χ4n) is 4.25. The second-order valence-corrected chi connectivity index (χ2v) is 7.80. The summed E-state index contributed by atoms with van der Waals surface area (Å²) in [5, 5.41) is 5.23. The van der Waals surface area contributed by atoms with Crippen LogP contribution in [-0.2, 0) is 7.05 Å². The van der Waals surface area contributed by atoms with E-state index < -0.39 is 0 Å². The molecule has 138 valence electrons. The molecule has 3 heterocycles. The van der Waals surface area contributed by atoms with Gasteiger partial charge in [-0.05, 0) is 43.7 Å². The molecule has 5 nitrogen and oxygen atoms in total. The minimum absolute atomic E-state index is 0.117. The maximum atomic E-state index is 13.7. The summed E-state index contributed by atoms with van der Waals surface area (Å²) in [4.78, 5) is 20.5. The van der Waals surface area contributed by atoms with Crippen molar-refractivity contribution in [2.45, 2.75) is 44.1 Å². The summed E-state index contributed by atoms with van der Waals surface area (Å²) in [6.45, 7) is 0.807. The van der Waals surface area contributed by atoms with Gasteiger partial charge in [0.15, 0.2) is 5.65 Å². The molecular formula is C22H24N4O. The summed E-state index contributed by atoms with van der Waals surface area (Å²) in [5.41, 5.74) is 3.85. The lowest BCUT2D eigenvalue weighted by Gasteiger charge is -2.36. The second-order valence-electron chi connectivity index (χ2n) is 7.80. The number of hydrogen-bond acceptors (Lipinski definition) is 3. The number of aryl methyl sites for hydroxylation is 1. The number of pyridine rings is 1. The van der Waals surface area contributed by atoms with E-state index in [2.05, 4.69) is 34.3 Å². The Morgan fingerprint density at radius 3 is 2.70 bits per heavy atom. The standard InChI is InChI=1S/C22H24N4O/c1-25-21-18(14-23-25)17(13-19(24-21)15-10-11-15)22(27)26-12-6-5-9-20(26)16-7-3-2-4-8-16/h2-4,7-8,13-15,20H,5-6,9-12H2,1H3. The number of benzene rings is 1. The minimum Gasteiger partial charge on any atom is -0.332 e. The van der Waals surface area contributed by atoms with Crippen LogP contribution in [0.15, 0.2) is 42.6 Å². The highest BCUT2D eigenvalue weighted by Crippen LogP contribution is 2.41. The van der Waals surface area contributed by atoms with E-state index in [0.717, 1.165) is 48.1 Å². The number of carbonyl (C=O) groups is 1. The Labute approximate surface area is 159 Å². The second kappa shape index (κ2) is 6.48. The number of piperidine rings is 1. The number of carbonyl (C=O) groups excluding carboxylic acids is 1. The Morgan fingerprint density at radius 1 is 1.11 bits per heavy atom. The number of aromatic nitrogens is 3. The van der Waals surface area contributed by atoms with Gasteiger partial charge in [-0.15, -0.1) is 0 Å². The van der Waals surface area contributed by atoms with Gasteiger partial charge in [0, 0.05) is 25.2 Å². The molecule has 0 bridgehead atoms.